The molecule has 19 heavy (non-hydrogen) atoms. The molecule has 0 atom stereocenters. The number of likely N-dealkylation sites (N-methyl/N-ethyl adjacent to an activating group) is 1. The van der Waals surface area contributed by atoms with Gasteiger partial charge in [-0.05, 0) is 32.5 Å². The molecule has 0 saturated carbocycles. The molecule has 0 bridgehead atoms. The van der Waals surface area contributed by atoms with Crippen LogP contribution in [0.5, 0.6) is 0 Å². The molecule has 1 aromatic heterocycles. The first-order chi connectivity index (χ1) is 9.10. The molecule has 2 heterocycles. The van der Waals surface area contributed by atoms with Crippen LogP contribution < -0.4 is 0 Å². The van der Waals surface area contributed by atoms with Gasteiger partial charge in [-0.2, -0.15) is 5.26 Å². The topological polar surface area (TPSA) is 39.9 Å². The van der Waals surface area contributed by atoms with E-state index in [1.807, 2.05) is 0 Å². The Morgan fingerprint density at radius 2 is 2.11 bits per heavy atom. The van der Waals surface area contributed by atoms with Gasteiger partial charge in [0.25, 0.3) is 0 Å². The molecule has 96 valence electrons. The minimum absolute atomic E-state index is 0.818. The number of nitriles is 1. The Labute approximate surface area is 113 Å². The summed E-state index contributed by atoms with van der Waals surface area (Å²) in [5, 5.41) is 10.6. The molecule has 3 heteroatoms. The van der Waals surface area contributed by atoms with Crippen LogP contribution in [0.1, 0.15) is 27.9 Å². The van der Waals surface area contributed by atoms with E-state index in [4.69, 9.17) is 4.98 Å². The average Bonchev–Trinajstić information content (AvgIpc) is 2.36. The third kappa shape index (κ3) is 1.89. The van der Waals surface area contributed by atoms with Crippen LogP contribution in [0.4, 0.5) is 0 Å². The first-order valence-electron chi connectivity index (χ1n) is 6.61. The third-order valence-electron chi connectivity index (χ3n) is 3.88. The average molecular weight is 251 g/mol. The Morgan fingerprint density at radius 1 is 1.32 bits per heavy atom. The van der Waals surface area contributed by atoms with Crippen LogP contribution in [0.3, 0.4) is 0 Å². The molecule has 0 amide bonds. The molecule has 0 unspecified atom stereocenters. The quantitative estimate of drug-likeness (QED) is 0.722. The number of nitrogens with zero attached hydrogens (tertiary/aromatic N) is 3. The number of aryl methyl sites for hydroxylation is 2. The lowest BCUT2D eigenvalue weighted by Crippen LogP contribution is -2.28. The van der Waals surface area contributed by atoms with E-state index >= 15 is 0 Å². The van der Waals surface area contributed by atoms with Gasteiger partial charge in [-0.1, -0.05) is 11.6 Å². The lowest BCUT2D eigenvalue weighted by molar-refractivity contribution is 0.310. The van der Waals surface area contributed by atoms with E-state index in [1.165, 1.54) is 5.56 Å². The summed E-state index contributed by atoms with van der Waals surface area (Å²) < 4.78 is 0. The van der Waals surface area contributed by atoms with Gasteiger partial charge < -0.3 is 4.90 Å². The fourth-order valence-corrected chi connectivity index (χ4v) is 2.96. The molecule has 3 rings (SSSR count). The van der Waals surface area contributed by atoms with Crippen LogP contribution in [0.2, 0.25) is 0 Å². The fourth-order valence-electron chi connectivity index (χ4n) is 2.96. The van der Waals surface area contributed by atoms with E-state index in [-0.39, 0.29) is 0 Å². The molecule has 1 aliphatic heterocycles. The van der Waals surface area contributed by atoms with Crippen molar-refractivity contribution in [1.82, 2.24) is 9.88 Å². The maximum Gasteiger partial charge on any atom is 0.100 e. The van der Waals surface area contributed by atoms with Crippen LogP contribution in [0.15, 0.2) is 12.1 Å². The fraction of sp³-hybridized carbons (Fsp3) is 0.375. The molecule has 1 aliphatic rings. The Kier molecular flexibility index (Phi) is 2.76. The number of hydrogen-bond acceptors (Lipinski definition) is 3. The van der Waals surface area contributed by atoms with Crippen LogP contribution in [0, 0.1) is 25.2 Å². The van der Waals surface area contributed by atoms with E-state index in [2.05, 4.69) is 44.0 Å². The Hall–Kier alpha value is -1.92. The highest BCUT2D eigenvalue weighted by Gasteiger charge is 2.21. The highest BCUT2D eigenvalue weighted by atomic mass is 15.1. The smallest absolute Gasteiger partial charge is 0.100 e. The van der Waals surface area contributed by atoms with Crippen LogP contribution in [-0.4, -0.2) is 23.5 Å². The van der Waals surface area contributed by atoms with Crippen LogP contribution >= 0.6 is 0 Å². The molecular weight excluding hydrogens is 234 g/mol. The monoisotopic (exact) mass is 251 g/mol. The largest absolute Gasteiger partial charge is 0.302 e. The normalized spacial score (nSPS) is 15.3. The summed E-state index contributed by atoms with van der Waals surface area (Å²) >= 11 is 0. The molecule has 0 saturated heterocycles. The lowest BCUT2D eigenvalue weighted by Gasteiger charge is -2.26. The predicted octanol–water partition coefficient (Wildman–Crippen LogP) is 2.71. The van der Waals surface area contributed by atoms with Crippen LogP contribution in [0.25, 0.3) is 10.9 Å². The van der Waals surface area contributed by atoms with E-state index in [1.54, 1.807) is 0 Å². The standard InChI is InChI=1S/C16H17N3/c1-10-6-11(2)16-12(7-10)13(8-17)14-9-19(3)5-4-15(14)18-16/h6-7H,4-5,9H2,1-3H3. The zero-order chi connectivity index (χ0) is 13.6. The SMILES string of the molecule is Cc1cc(C)c2nc3c(c(C#N)c2c1)CN(C)CC3. The van der Waals surface area contributed by atoms with E-state index in [0.29, 0.717) is 0 Å². The van der Waals surface area contributed by atoms with Crippen molar-refractivity contribution in [3.05, 3.63) is 40.1 Å². The molecular formula is C16H17N3. The second-order valence-electron chi connectivity index (χ2n) is 5.49. The summed E-state index contributed by atoms with van der Waals surface area (Å²) in [5.41, 5.74) is 6.38. The highest BCUT2D eigenvalue weighted by Crippen LogP contribution is 2.29. The van der Waals surface area contributed by atoms with Gasteiger partial charge in [-0.3, -0.25) is 4.98 Å². The van der Waals surface area contributed by atoms with Gasteiger partial charge >= 0.3 is 0 Å². The highest BCUT2D eigenvalue weighted by molar-refractivity contribution is 5.89. The minimum atomic E-state index is 0.818. The van der Waals surface area contributed by atoms with Crippen molar-refractivity contribution in [2.24, 2.45) is 0 Å². The van der Waals surface area contributed by atoms with Crippen molar-refractivity contribution < 1.29 is 0 Å². The van der Waals surface area contributed by atoms with Crippen LogP contribution in [-0.2, 0) is 13.0 Å². The number of pyridine rings is 1. The van der Waals surface area contributed by atoms with Gasteiger partial charge in [-0.25, -0.2) is 0 Å². The summed E-state index contributed by atoms with van der Waals surface area (Å²) in [4.78, 5) is 7.07. The van der Waals surface area contributed by atoms with Gasteiger partial charge in [0.2, 0.25) is 0 Å². The molecule has 0 aliphatic carbocycles. The lowest BCUT2D eigenvalue weighted by atomic mass is 9.94. The molecule has 1 aromatic carbocycles. The van der Waals surface area contributed by atoms with Crippen molar-refractivity contribution in [2.45, 2.75) is 26.8 Å². The van der Waals surface area contributed by atoms with Gasteiger partial charge in [0.1, 0.15) is 6.07 Å². The zero-order valence-corrected chi connectivity index (χ0v) is 11.6. The second-order valence-corrected chi connectivity index (χ2v) is 5.49. The number of fused-ring (bicyclic) bond motifs is 2. The van der Waals surface area contributed by atoms with Gasteiger partial charge in [0, 0.05) is 36.2 Å². The summed E-state index contributed by atoms with van der Waals surface area (Å²) in [6.45, 7) is 5.99. The summed E-state index contributed by atoms with van der Waals surface area (Å²) in [6.07, 6.45) is 0.934. The number of hydrogen-bond donors (Lipinski definition) is 0. The Morgan fingerprint density at radius 3 is 2.84 bits per heavy atom. The summed E-state index contributed by atoms with van der Waals surface area (Å²) in [5.74, 6) is 0. The van der Waals surface area contributed by atoms with E-state index in [0.717, 1.165) is 52.8 Å². The first-order valence-corrected chi connectivity index (χ1v) is 6.61. The summed E-state index contributed by atoms with van der Waals surface area (Å²) in [6, 6.07) is 6.63. The third-order valence-corrected chi connectivity index (χ3v) is 3.88. The van der Waals surface area contributed by atoms with Crippen molar-refractivity contribution in [1.29, 1.82) is 5.26 Å². The Bertz CT molecular complexity index is 710. The summed E-state index contributed by atoms with van der Waals surface area (Å²) in [7, 11) is 2.09. The van der Waals surface area contributed by atoms with Gasteiger partial charge in [-0.15, -0.1) is 0 Å². The predicted molar refractivity (Wildman–Crippen MR) is 76.0 cm³/mol. The van der Waals surface area contributed by atoms with Gasteiger partial charge in [0.05, 0.1) is 11.1 Å². The molecule has 2 aromatic rings. The zero-order valence-electron chi connectivity index (χ0n) is 11.6. The number of aromatic nitrogens is 1. The van der Waals surface area contributed by atoms with E-state index in [9.17, 15) is 5.26 Å². The van der Waals surface area contributed by atoms with Crippen molar-refractivity contribution in [3.8, 4) is 6.07 Å². The molecule has 0 fully saturated rings. The second kappa shape index (κ2) is 4.32. The number of rotatable bonds is 0. The van der Waals surface area contributed by atoms with Gasteiger partial charge in [0.15, 0.2) is 0 Å². The molecule has 3 nitrogen and oxygen atoms in total. The van der Waals surface area contributed by atoms with Crippen molar-refractivity contribution >= 4 is 10.9 Å². The van der Waals surface area contributed by atoms with E-state index < -0.39 is 0 Å². The minimum Gasteiger partial charge on any atom is -0.302 e. The molecule has 0 radical (unpaired) electrons. The van der Waals surface area contributed by atoms with Crippen molar-refractivity contribution in [2.75, 3.05) is 13.6 Å². The first kappa shape index (κ1) is 12.1. The number of benzene rings is 1. The van der Waals surface area contributed by atoms with Crippen molar-refractivity contribution in [3.63, 3.8) is 0 Å². The maximum atomic E-state index is 9.56. The Balaban J connectivity index is 2.40. The maximum absolute atomic E-state index is 9.56. The molecule has 0 N–H and O–H groups in total. The molecule has 0 spiro atoms.